The maximum atomic E-state index is 13.7. The van der Waals surface area contributed by atoms with Crippen molar-refractivity contribution >= 4 is 21.6 Å². The SMILES string of the molecule is CC1(CNS(=O)(=O)c2cc(F)c(Cl)c(CN)c2)CCCC1. The van der Waals surface area contributed by atoms with Gasteiger partial charge in [0.15, 0.2) is 0 Å². The molecule has 21 heavy (non-hydrogen) atoms. The third-order valence-electron chi connectivity index (χ3n) is 4.11. The number of hydrogen-bond donors (Lipinski definition) is 2. The van der Waals surface area contributed by atoms with E-state index in [9.17, 15) is 12.8 Å². The summed E-state index contributed by atoms with van der Waals surface area (Å²) in [4.78, 5) is -0.133. The Bertz CT molecular complexity index is 628. The molecular weight excluding hydrogens is 315 g/mol. The van der Waals surface area contributed by atoms with Crippen LogP contribution in [0.2, 0.25) is 5.02 Å². The molecule has 1 aliphatic carbocycles. The number of hydrogen-bond acceptors (Lipinski definition) is 3. The zero-order valence-corrected chi connectivity index (χ0v) is 13.5. The molecule has 1 aliphatic rings. The van der Waals surface area contributed by atoms with Crippen molar-refractivity contribution in [1.82, 2.24) is 4.72 Å². The molecule has 0 unspecified atom stereocenters. The first-order valence-corrected chi connectivity index (χ1v) is 8.81. The van der Waals surface area contributed by atoms with E-state index in [0.717, 1.165) is 31.7 Å². The highest BCUT2D eigenvalue weighted by Gasteiger charge is 2.30. The van der Waals surface area contributed by atoms with E-state index in [1.54, 1.807) is 0 Å². The second-order valence-electron chi connectivity index (χ2n) is 5.92. The topological polar surface area (TPSA) is 72.2 Å². The summed E-state index contributed by atoms with van der Waals surface area (Å²) in [7, 11) is -3.76. The predicted molar refractivity (Wildman–Crippen MR) is 81.1 cm³/mol. The Labute approximate surface area is 129 Å². The molecule has 0 bridgehead atoms. The zero-order chi connectivity index (χ0) is 15.7. The molecule has 1 aromatic carbocycles. The lowest BCUT2D eigenvalue weighted by atomic mass is 9.89. The molecule has 4 nitrogen and oxygen atoms in total. The fourth-order valence-electron chi connectivity index (χ4n) is 2.68. The summed E-state index contributed by atoms with van der Waals surface area (Å²) in [6, 6.07) is 2.26. The van der Waals surface area contributed by atoms with Gasteiger partial charge >= 0.3 is 0 Å². The lowest BCUT2D eigenvalue weighted by Gasteiger charge is -2.23. The van der Waals surface area contributed by atoms with Crippen LogP contribution in [-0.2, 0) is 16.6 Å². The summed E-state index contributed by atoms with van der Waals surface area (Å²) in [6.07, 6.45) is 4.23. The third-order valence-corrected chi connectivity index (χ3v) is 5.91. The van der Waals surface area contributed by atoms with Gasteiger partial charge in [0.1, 0.15) is 5.82 Å². The Hall–Kier alpha value is -0.690. The minimum absolute atomic E-state index is 0.0170. The maximum absolute atomic E-state index is 13.7. The Morgan fingerprint density at radius 3 is 2.57 bits per heavy atom. The highest BCUT2D eigenvalue weighted by atomic mass is 35.5. The Balaban J connectivity index is 2.21. The van der Waals surface area contributed by atoms with Crippen molar-refractivity contribution in [3.05, 3.63) is 28.5 Å². The molecule has 0 aromatic heterocycles. The average molecular weight is 335 g/mol. The lowest BCUT2D eigenvalue weighted by molar-refractivity contribution is 0.336. The van der Waals surface area contributed by atoms with E-state index >= 15 is 0 Å². The highest BCUT2D eigenvalue weighted by molar-refractivity contribution is 7.89. The van der Waals surface area contributed by atoms with Crippen molar-refractivity contribution < 1.29 is 12.8 Å². The third kappa shape index (κ3) is 3.74. The fourth-order valence-corrected chi connectivity index (χ4v) is 4.13. The maximum Gasteiger partial charge on any atom is 0.240 e. The predicted octanol–water partition coefficient (Wildman–Crippen LogP) is 2.80. The normalized spacial score (nSPS) is 18.1. The molecule has 1 saturated carbocycles. The molecule has 2 rings (SSSR count). The first kappa shape index (κ1) is 16.7. The first-order valence-electron chi connectivity index (χ1n) is 6.95. The van der Waals surface area contributed by atoms with E-state index in [1.165, 1.54) is 6.07 Å². The van der Waals surface area contributed by atoms with Crippen molar-refractivity contribution in [3.8, 4) is 0 Å². The minimum atomic E-state index is -3.76. The molecule has 0 amide bonds. The second-order valence-corrected chi connectivity index (χ2v) is 8.07. The van der Waals surface area contributed by atoms with Crippen LogP contribution in [0.25, 0.3) is 0 Å². The summed E-state index contributed by atoms with van der Waals surface area (Å²) < 4.78 is 40.9. The van der Waals surface area contributed by atoms with Gasteiger partial charge in [-0.3, -0.25) is 0 Å². The van der Waals surface area contributed by atoms with E-state index in [1.807, 2.05) is 0 Å². The molecule has 1 fully saturated rings. The second kappa shape index (κ2) is 6.20. The molecular formula is C14H20ClFN2O2S. The van der Waals surface area contributed by atoms with Gasteiger partial charge in [0.2, 0.25) is 10.0 Å². The van der Waals surface area contributed by atoms with Crippen molar-refractivity contribution in [2.24, 2.45) is 11.1 Å². The Kier molecular flexibility index (Phi) is 4.92. The molecule has 0 atom stereocenters. The number of nitrogens with one attached hydrogen (secondary N) is 1. The van der Waals surface area contributed by atoms with E-state index in [0.29, 0.717) is 6.54 Å². The standard InChI is InChI=1S/C14H20ClFN2O2S/c1-14(4-2-3-5-14)9-18-21(19,20)11-6-10(8-17)13(15)12(16)7-11/h6-7,18H,2-5,8-9,17H2,1H3. The minimum Gasteiger partial charge on any atom is -0.326 e. The van der Waals surface area contributed by atoms with Gasteiger partial charge in [0, 0.05) is 13.1 Å². The summed E-state index contributed by atoms with van der Waals surface area (Å²) in [5.74, 6) is -0.771. The largest absolute Gasteiger partial charge is 0.326 e. The summed E-state index contributed by atoms with van der Waals surface area (Å²) in [6.45, 7) is 2.41. The molecule has 1 aromatic rings. The quantitative estimate of drug-likeness (QED) is 0.869. The lowest BCUT2D eigenvalue weighted by Crippen LogP contribution is -2.34. The fraction of sp³-hybridized carbons (Fsp3) is 0.571. The van der Waals surface area contributed by atoms with E-state index < -0.39 is 15.8 Å². The monoisotopic (exact) mass is 334 g/mol. The van der Waals surface area contributed by atoms with Crippen LogP contribution in [0.15, 0.2) is 17.0 Å². The molecule has 118 valence electrons. The number of halogens is 2. The van der Waals surface area contributed by atoms with Gasteiger partial charge in [-0.05, 0) is 36.0 Å². The van der Waals surface area contributed by atoms with Gasteiger partial charge in [-0.1, -0.05) is 31.4 Å². The van der Waals surface area contributed by atoms with Crippen LogP contribution in [0.1, 0.15) is 38.2 Å². The molecule has 3 N–H and O–H groups in total. The summed E-state index contributed by atoms with van der Waals surface area (Å²) in [5.41, 5.74) is 5.72. The van der Waals surface area contributed by atoms with E-state index in [4.69, 9.17) is 17.3 Å². The molecule has 7 heteroatoms. The zero-order valence-electron chi connectivity index (χ0n) is 12.0. The van der Waals surface area contributed by atoms with Gasteiger partial charge in [-0.2, -0.15) is 0 Å². The van der Waals surface area contributed by atoms with Crippen LogP contribution in [0.5, 0.6) is 0 Å². The van der Waals surface area contributed by atoms with Gasteiger partial charge in [0.05, 0.1) is 9.92 Å². The van der Waals surface area contributed by atoms with Crippen LogP contribution >= 0.6 is 11.6 Å². The smallest absolute Gasteiger partial charge is 0.240 e. The molecule has 0 heterocycles. The summed E-state index contributed by atoms with van der Waals surface area (Å²) >= 11 is 5.75. The number of rotatable bonds is 5. The highest BCUT2D eigenvalue weighted by Crippen LogP contribution is 2.37. The van der Waals surface area contributed by atoms with Gasteiger partial charge in [0.25, 0.3) is 0 Å². The molecule has 0 aliphatic heterocycles. The average Bonchev–Trinajstić information content (AvgIpc) is 2.87. The van der Waals surface area contributed by atoms with Crippen LogP contribution < -0.4 is 10.5 Å². The van der Waals surface area contributed by atoms with Crippen molar-refractivity contribution in [2.45, 2.75) is 44.0 Å². The van der Waals surface area contributed by atoms with Crippen LogP contribution in [-0.4, -0.2) is 15.0 Å². The Morgan fingerprint density at radius 1 is 1.38 bits per heavy atom. The first-order chi connectivity index (χ1) is 9.77. The van der Waals surface area contributed by atoms with Crippen molar-refractivity contribution in [3.63, 3.8) is 0 Å². The Morgan fingerprint density at radius 2 is 2.00 bits per heavy atom. The molecule has 0 spiro atoms. The van der Waals surface area contributed by atoms with Gasteiger partial charge in [-0.25, -0.2) is 17.5 Å². The van der Waals surface area contributed by atoms with Crippen LogP contribution in [0, 0.1) is 11.2 Å². The van der Waals surface area contributed by atoms with E-state index in [2.05, 4.69) is 11.6 Å². The van der Waals surface area contributed by atoms with Gasteiger partial charge < -0.3 is 5.73 Å². The summed E-state index contributed by atoms with van der Waals surface area (Å²) in [5, 5.41) is -0.126. The van der Waals surface area contributed by atoms with Crippen molar-refractivity contribution in [1.29, 1.82) is 0 Å². The number of sulfonamides is 1. The molecule has 0 radical (unpaired) electrons. The van der Waals surface area contributed by atoms with Crippen LogP contribution in [0.4, 0.5) is 4.39 Å². The van der Waals surface area contributed by atoms with Crippen LogP contribution in [0.3, 0.4) is 0 Å². The van der Waals surface area contributed by atoms with Gasteiger partial charge in [-0.15, -0.1) is 0 Å². The number of nitrogens with two attached hydrogens (primary N) is 1. The van der Waals surface area contributed by atoms with E-state index in [-0.39, 0.29) is 27.4 Å². The number of benzene rings is 1. The molecule has 0 saturated heterocycles. The van der Waals surface area contributed by atoms with Crippen molar-refractivity contribution in [2.75, 3.05) is 6.54 Å².